The molecule has 0 saturated heterocycles. The van der Waals surface area contributed by atoms with Crippen LogP contribution >= 0.6 is 0 Å². The molecule has 0 saturated carbocycles. The van der Waals surface area contributed by atoms with Gasteiger partial charge in [-0.2, -0.15) is 0 Å². The van der Waals surface area contributed by atoms with Crippen molar-refractivity contribution >= 4 is 21.6 Å². The lowest BCUT2D eigenvalue weighted by Gasteiger charge is -2.23. The quantitative estimate of drug-likeness (QED) is 0.413. The highest BCUT2D eigenvalue weighted by Crippen LogP contribution is 2.30. The number of sulfonamides is 1. The first-order valence-electron chi connectivity index (χ1n) is 11.1. The lowest BCUT2D eigenvalue weighted by atomic mass is 10.1. The number of rotatable bonds is 11. The van der Waals surface area contributed by atoms with Crippen LogP contribution in [0, 0.1) is 5.82 Å². The van der Waals surface area contributed by atoms with E-state index in [1.807, 2.05) is 13.0 Å². The monoisotopic (exact) mass is 516 g/mol. The molecule has 0 aliphatic heterocycles. The first-order valence-corrected chi connectivity index (χ1v) is 12.9. The fraction of sp³-hybridized carbons (Fsp3) is 0.269. The minimum absolute atomic E-state index is 0.0513. The molecule has 1 N–H and O–H groups in total. The van der Waals surface area contributed by atoms with Gasteiger partial charge < -0.3 is 19.5 Å². The summed E-state index contributed by atoms with van der Waals surface area (Å²) in [6.07, 6.45) is 1.10. The van der Waals surface area contributed by atoms with Crippen LogP contribution in [0.5, 0.6) is 17.2 Å². The minimum atomic E-state index is -3.60. The Morgan fingerprint density at radius 3 is 2.19 bits per heavy atom. The Bertz CT molecular complexity index is 1280. The molecule has 0 spiro atoms. The van der Waals surface area contributed by atoms with E-state index in [9.17, 15) is 17.6 Å². The Morgan fingerprint density at radius 2 is 1.61 bits per heavy atom. The molecule has 1 amide bonds. The first kappa shape index (κ1) is 26.8. The standard InChI is InChI=1S/C26H29FN2O6S/c1-18(20-7-14-24(33-2)25(15-20)34-3)28-26(30)17-35-23-12-10-22(11-13-23)29(36(4,31)32)16-19-5-8-21(27)9-6-19/h5-15,18H,16-17H2,1-4H3,(H,28,30)/t18-/m1/s1. The summed E-state index contributed by atoms with van der Waals surface area (Å²) in [6, 6.07) is 17.1. The molecule has 0 fully saturated rings. The summed E-state index contributed by atoms with van der Waals surface area (Å²) in [5.74, 6) is 0.848. The number of nitrogens with one attached hydrogen (secondary N) is 1. The van der Waals surface area contributed by atoms with E-state index < -0.39 is 15.8 Å². The predicted octanol–water partition coefficient (Wildman–Crippen LogP) is 4.07. The van der Waals surface area contributed by atoms with Gasteiger partial charge in [-0.15, -0.1) is 0 Å². The fourth-order valence-electron chi connectivity index (χ4n) is 3.50. The SMILES string of the molecule is COc1ccc([C@@H](C)NC(=O)COc2ccc(N(Cc3ccc(F)cc3)S(C)(=O)=O)cc2)cc1OC. The number of anilines is 1. The normalized spacial score (nSPS) is 11.9. The molecule has 3 aromatic rings. The van der Waals surface area contributed by atoms with E-state index in [1.54, 1.807) is 50.6 Å². The van der Waals surface area contributed by atoms with Crippen LogP contribution < -0.4 is 23.8 Å². The van der Waals surface area contributed by atoms with Crippen molar-refractivity contribution in [1.29, 1.82) is 0 Å². The molecule has 10 heteroatoms. The van der Waals surface area contributed by atoms with E-state index in [2.05, 4.69) is 5.32 Å². The van der Waals surface area contributed by atoms with Crippen molar-refractivity contribution < 1.29 is 31.8 Å². The second-order valence-corrected chi connectivity index (χ2v) is 9.99. The van der Waals surface area contributed by atoms with Gasteiger partial charge in [0, 0.05) is 0 Å². The number of amides is 1. The van der Waals surface area contributed by atoms with E-state index >= 15 is 0 Å². The van der Waals surface area contributed by atoms with Crippen LogP contribution in [0.15, 0.2) is 66.7 Å². The van der Waals surface area contributed by atoms with Crippen molar-refractivity contribution in [3.8, 4) is 17.2 Å². The second-order valence-electron chi connectivity index (χ2n) is 8.08. The number of hydrogen-bond acceptors (Lipinski definition) is 6. The summed E-state index contributed by atoms with van der Waals surface area (Å²) in [4.78, 5) is 12.4. The van der Waals surface area contributed by atoms with Crippen LogP contribution in [0.25, 0.3) is 0 Å². The molecular formula is C26H29FN2O6S. The molecule has 192 valence electrons. The molecule has 0 heterocycles. The maximum atomic E-state index is 13.2. The van der Waals surface area contributed by atoms with Gasteiger partial charge in [-0.3, -0.25) is 9.10 Å². The highest BCUT2D eigenvalue weighted by atomic mass is 32.2. The van der Waals surface area contributed by atoms with Gasteiger partial charge >= 0.3 is 0 Å². The molecule has 0 aliphatic carbocycles. The van der Waals surface area contributed by atoms with Crippen LogP contribution in [0.4, 0.5) is 10.1 Å². The van der Waals surface area contributed by atoms with Crippen molar-refractivity contribution in [3.05, 3.63) is 83.7 Å². The smallest absolute Gasteiger partial charge is 0.258 e. The van der Waals surface area contributed by atoms with E-state index in [1.165, 1.54) is 28.6 Å². The van der Waals surface area contributed by atoms with Crippen LogP contribution in [0.3, 0.4) is 0 Å². The fourth-order valence-corrected chi connectivity index (χ4v) is 4.39. The predicted molar refractivity (Wildman–Crippen MR) is 135 cm³/mol. The van der Waals surface area contributed by atoms with Crippen molar-refractivity contribution in [2.45, 2.75) is 19.5 Å². The van der Waals surface area contributed by atoms with Gasteiger partial charge in [0.2, 0.25) is 10.0 Å². The van der Waals surface area contributed by atoms with Gasteiger partial charge in [-0.1, -0.05) is 18.2 Å². The summed E-state index contributed by atoms with van der Waals surface area (Å²) >= 11 is 0. The number of nitrogens with zero attached hydrogens (tertiary/aromatic N) is 1. The number of benzene rings is 3. The van der Waals surface area contributed by atoms with Gasteiger partial charge in [0.05, 0.1) is 38.7 Å². The lowest BCUT2D eigenvalue weighted by molar-refractivity contribution is -0.123. The van der Waals surface area contributed by atoms with E-state index in [0.717, 1.165) is 11.8 Å². The van der Waals surface area contributed by atoms with Crippen molar-refractivity contribution in [2.75, 3.05) is 31.4 Å². The highest BCUT2D eigenvalue weighted by molar-refractivity contribution is 7.92. The Hall–Kier alpha value is -3.79. The molecule has 3 rings (SSSR count). The van der Waals surface area contributed by atoms with Crippen LogP contribution in [0.1, 0.15) is 24.1 Å². The topological polar surface area (TPSA) is 94.2 Å². The van der Waals surface area contributed by atoms with Crippen LogP contribution in [-0.2, 0) is 21.4 Å². The second kappa shape index (κ2) is 11.8. The van der Waals surface area contributed by atoms with Crippen molar-refractivity contribution in [3.63, 3.8) is 0 Å². The third kappa shape index (κ3) is 7.11. The Labute approximate surface area is 210 Å². The summed E-state index contributed by atoms with van der Waals surface area (Å²) in [5, 5.41) is 2.86. The first-order chi connectivity index (χ1) is 17.1. The van der Waals surface area contributed by atoms with E-state index in [4.69, 9.17) is 14.2 Å². The van der Waals surface area contributed by atoms with E-state index in [0.29, 0.717) is 28.5 Å². The van der Waals surface area contributed by atoms with Gasteiger partial charge in [-0.05, 0) is 66.6 Å². The average Bonchev–Trinajstić information content (AvgIpc) is 2.86. The molecule has 0 aliphatic rings. The van der Waals surface area contributed by atoms with Crippen molar-refractivity contribution in [1.82, 2.24) is 5.32 Å². The Balaban J connectivity index is 1.60. The maximum Gasteiger partial charge on any atom is 0.258 e. The molecule has 36 heavy (non-hydrogen) atoms. The number of carbonyl (C=O) groups is 1. The van der Waals surface area contributed by atoms with Crippen molar-refractivity contribution in [2.24, 2.45) is 0 Å². The van der Waals surface area contributed by atoms with Gasteiger partial charge in [0.15, 0.2) is 18.1 Å². The van der Waals surface area contributed by atoms with Gasteiger partial charge in [-0.25, -0.2) is 12.8 Å². The Kier molecular flexibility index (Phi) is 8.76. The zero-order chi connectivity index (χ0) is 26.3. The number of halogens is 1. The molecule has 0 unspecified atom stereocenters. The maximum absolute atomic E-state index is 13.2. The number of carbonyl (C=O) groups excluding carboxylic acids is 1. The zero-order valence-electron chi connectivity index (χ0n) is 20.5. The molecule has 8 nitrogen and oxygen atoms in total. The van der Waals surface area contributed by atoms with Crippen LogP contribution in [-0.4, -0.2) is 41.4 Å². The molecular weight excluding hydrogens is 487 g/mol. The summed E-state index contributed by atoms with van der Waals surface area (Å²) in [5.41, 5.74) is 1.90. The zero-order valence-corrected chi connectivity index (χ0v) is 21.3. The molecule has 0 radical (unpaired) electrons. The summed E-state index contributed by atoms with van der Waals surface area (Å²) in [6.45, 7) is 1.67. The third-order valence-corrected chi connectivity index (χ3v) is 6.56. The largest absolute Gasteiger partial charge is 0.493 e. The van der Waals surface area contributed by atoms with E-state index in [-0.39, 0.29) is 25.1 Å². The molecule has 3 aromatic carbocycles. The highest BCUT2D eigenvalue weighted by Gasteiger charge is 2.18. The molecule has 1 atom stereocenters. The third-order valence-electron chi connectivity index (χ3n) is 5.42. The lowest BCUT2D eigenvalue weighted by Crippen LogP contribution is -2.31. The number of methoxy groups -OCH3 is 2. The van der Waals surface area contributed by atoms with Gasteiger partial charge in [0.25, 0.3) is 5.91 Å². The molecule has 0 aromatic heterocycles. The number of ether oxygens (including phenoxy) is 3. The number of hydrogen-bond donors (Lipinski definition) is 1. The molecule has 0 bridgehead atoms. The average molecular weight is 517 g/mol. The Morgan fingerprint density at radius 1 is 0.972 bits per heavy atom. The van der Waals surface area contributed by atoms with Gasteiger partial charge in [0.1, 0.15) is 11.6 Å². The minimum Gasteiger partial charge on any atom is -0.493 e. The van der Waals surface area contributed by atoms with Crippen LogP contribution in [0.2, 0.25) is 0 Å². The summed E-state index contributed by atoms with van der Waals surface area (Å²) in [7, 11) is -0.500. The summed E-state index contributed by atoms with van der Waals surface area (Å²) < 4.78 is 55.2.